The molecule has 4 heteroatoms. The predicted octanol–water partition coefficient (Wildman–Crippen LogP) is 2.48. The number of aromatic carboxylic acids is 1. The number of hydrogen-bond acceptors (Lipinski definition) is 2. The molecule has 1 aromatic heterocycles. The highest BCUT2D eigenvalue weighted by Crippen LogP contribution is 2.14. The zero-order valence-corrected chi connectivity index (χ0v) is 11.6. The Bertz CT molecular complexity index is 381. The fraction of sp³-hybridized carbons (Fsp3) is 0.643. The minimum absolute atomic E-state index is 0.455. The number of nitrogens with zero attached hydrogens (tertiary/aromatic N) is 2. The van der Waals surface area contributed by atoms with Gasteiger partial charge in [0.1, 0.15) is 0 Å². The van der Waals surface area contributed by atoms with Crippen LogP contribution in [0.1, 0.15) is 43.2 Å². The summed E-state index contributed by atoms with van der Waals surface area (Å²) >= 11 is 0. The first kappa shape index (κ1) is 14.8. The molecule has 0 aliphatic carbocycles. The third kappa shape index (κ3) is 3.60. The number of rotatable bonds is 8. The van der Waals surface area contributed by atoms with Crippen LogP contribution in [0.15, 0.2) is 12.3 Å². The Morgan fingerprint density at radius 2 is 2.00 bits per heavy atom. The molecule has 0 bridgehead atoms. The Kier molecular flexibility index (Phi) is 5.92. The van der Waals surface area contributed by atoms with E-state index in [-0.39, 0.29) is 0 Å². The van der Waals surface area contributed by atoms with Crippen LogP contribution >= 0.6 is 0 Å². The normalized spacial score (nSPS) is 11.1. The van der Waals surface area contributed by atoms with Crippen LogP contribution in [0.2, 0.25) is 0 Å². The van der Waals surface area contributed by atoms with Crippen LogP contribution in [-0.2, 0) is 13.0 Å². The van der Waals surface area contributed by atoms with Gasteiger partial charge in [0.15, 0.2) is 0 Å². The molecule has 1 heterocycles. The van der Waals surface area contributed by atoms with Crippen LogP contribution in [0.5, 0.6) is 0 Å². The van der Waals surface area contributed by atoms with Crippen molar-refractivity contribution in [3.63, 3.8) is 0 Å². The Hall–Kier alpha value is -1.29. The van der Waals surface area contributed by atoms with Crippen LogP contribution in [0, 0.1) is 0 Å². The molecule has 1 N–H and O–H groups in total. The van der Waals surface area contributed by atoms with Crippen molar-refractivity contribution in [3.8, 4) is 0 Å². The van der Waals surface area contributed by atoms with Crippen LogP contribution in [0.25, 0.3) is 0 Å². The molecule has 1 aromatic rings. The lowest BCUT2D eigenvalue weighted by atomic mass is 10.1. The Morgan fingerprint density at radius 3 is 2.50 bits per heavy atom. The molecule has 0 atom stereocenters. The minimum Gasteiger partial charge on any atom is -0.478 e. The van der Waals surface area contributed by atoms with E-state index in [4.69, 9.17) is 5.11 Å². The average molecular weight is 252 g/mol. The standard InChI is InChI=1S/C14H24N2O2/c1-4-7-13-12(14(17)18)8-9-16(13)11-10-15(5-2)6-3/h8-9H,4-7,10-11H2,1-3H3,(H,17,18). The summed E-state index contributed by atoms with van der Waals surface area (Å²) in [6.45, 7) is 10.3. The van der Waals surface area contributed by atoms with E-state index < -0.39 is 5.97 Å². The highest BCUT2D eigenvalue weighted by Gasteiger charge is 2.14. The van der Waals surface area contributed by atoms with Crippen molar-refractivity contribution in [2.75, 3.05) is 19.6 Å². The Balaban J connectivity index is 2.78. The SMILES string of the molecule is CCCc1c(C(=O)O)ccn1CCN(CC)CC. The van der Waals surface area contributed by atoms with E-state index in [0.29, 0.717) is 5.56 Å². The van der Waals surface area contributed by atoms with Crippen LogP contribution in [0.4, 0.5) is 0 Å². The van der Waals surface area contributed by atoms with Gasteiger partial charge in [-0.3, -0.25) is 0 Å². The predicted molar refractivity (Wildman–Crippen MR) is 73.2 cm³/mol. The van der Waals surface area contributed by atoms with Gasteiger partial charge in [-0.2, -0.15) is 0 Å². The molecule has 0 aromatic carbocycles. The number of likely N-dealkylation sites (N-methyl/N-ethyl adjacent to an activating group) is 1. The highest BCUT2D eigenvalue weighted by atomic mass is 16.4. The third-order valence-corrected chi connectivity index (χ3v) is 3.35. The second-order valence-electron chi connectivity index (χ2n) is 4.45. The first-order valence-corrected chi connectivity index (χ1v) is 6.77. The van der Waals surface area contributed by atoms with Gasteiger partial charge in [-0.1, -0.05) is 27.2 Å². The van der Waals surface area contributed by atoms with Gasteiger partial charge in [-0.05, 0) is 25.6 Å². The van der Waals surface area contributed by atoms with Gasteiger partial charge in [0.05, 0.1) is 5.56 Å². The summed E-state index contributed by atoms with van der Waals surface area (Å²) in [6, 6.07) is 1.72. The van der Waals surface area contributed by atoms with Gasteiger partial charge in [0.2, 0.25) is 0 Å². The van der Waals surface area contributed by atoms with E-state index in [1.165, 1.54) is 0 Å². The van der Waals surface area contributed by atoms with E-state index >= 15 is 0 Å². The lowest BCUT2D eigenvalue weighted by molar-refractivity contribution is 0.0695. The first-order chi connectivity index (χ1) is 8.63. The molecule has 0 spiro atoms. The van der Waals surface area contributed by atoms with Crippen LogP contribution in [-0.4, -0.2) is 40.2 Å². The van der Waals surface area contributed by atoms with Gasteiger partial charge in [0.25, 0.3) is 0 Å². The van der Waals surface area contributed by atoms with Crippen molar-refractivity contribution in [3.05, 3.63) is 23.5 Å². The lowest BCUT2D eigenvalue weighted by Crippen LogP contribution is -2.27. The number of hydrogen-bond donors (Lipinski definition) is 1. The molecule has 0 unspecified atom stereocenters. The van der Waals surface area contributed by atoms with Gasteiger partial charge in [0, 0.05) is 25.0 Å². The van der Waals surface area contributed by atoms with Crippen molar-refractivity contribution in [1.29, 1.82) is 0 Å². The Morgan fingerprint density at radius 1 is 1.33 bits per heavy atom. The van der Waals surface area contributed by atoms with Crippen LogP contribution in [0.3, 0.4) is 0 Å². The zero-order valence-electron chi connectivity index (χ0n) is 11.6. The molecule has 18 heavy (non-hydrogen) atoms. The number of aromatic nitrogens is 1. The van der Waals surface area contributed by atoms with Crippen molar-refractivity contribution in [2.24, 2.45) is 0 Å². The van der Waals surface area contributed by atoms with Crippen molar-refractivity contribution in [2.45, 2.75) is 40.2 Å². The summed E-state index contributed by atoms with van der Waals surface area (Å²) in [5, 5.41) is 9.15. The fourth-order valence-corrected chi connectivity index (χ4v) is 2.21. The van der Waals surface area contributed by atoms with E-state index in [1.807, 2.05) is 6.20 Å². The largest absolute Gasteiger partial charge is 0.478 e. The molecule has 0 saturated carbocycles. The van der Waals surface area contributed by atoms with Gasteiger partial charge in [-0.15, -0.1) is 0 Å². The van der Waals surface area contributed by atoms with Gasteiger partial charge >= 0.3 is 5.97 Å². The number of carboxylic acid groups (broad SMARTS) is 1. The Labute approximate surface area is 109 Å². The van der Waals surface area contributed by atoms with E-state index in [9.17, 15) is 4.79 Å². The summed E-state index contributed by atoms with van der Waals surface area (Å²) < 4.78 is 2.09. The fourth-order valence-electron chi connectivity index (χ4n) is 2.21. The van der Waals surface area contributed by atoms with Gasteiger partial charge in [-0.25, -0.2) is 4.79 Å². The quantitative estimate of drug-likeness (QED) is 0.773. The molecule has 0 amide bonds. The monoisotopic (exact) mass is 252 g/mol. The molecule has 1 rings (SSSR count). The molecular weight excluding hydrogens is 228 g/mol. The van der Waals surface area contributed by atoms with Crippen molar-refractivity contribution in [1.82, 2.24) is 9.47 Å². The summed E-state index contributed by atoms with van der Waals surface area (Å²) in [6.07, 6.45) is 3.69. The smallest absolute Gasteiger partial charge is 0.337 e. The summed E-state index contributed by atoms with van der Waals surface area (Å²) in [7, 11) is 0. The number of carbonyl (C=O) groups is 1. The van der Waals surface area contributed by atoms with Crippen molar-refractivity contribution < 1.29 is 9.90 Å². The molecule has 0 saturated heterocycles. The van der Waals surface area contributed by atoms with E-state index in [0.717, 1.165) is 44.7 Å². The molecule has 0 fully saturated rings. The summed E-state index contributed by atoms with van der Waals surface area (Å²) in [4.78, 5) is 13.5. The molecule has 0 aliphatic rings. The lowest BCUT2D eigenvalue weighted by Gasteiger charge is -2.19. The second kappa shape index (κ2) is 7.21. The zero-order chi connectivity index (χ0) is 13.5. The van der Waals surface area contributed by atoms with Crippen LogP contribution < -0.4 is 0 Å². The third-order valence-electron chi connectivity index (χ3n) is 3.35. The van der Waals surface area contributed by atoms with Gasteiger partial charge < -0.3 is 14.6 Å². The molecule has 102 valence electrons. The second-order valence-corrected chi connectivity index (χ2v) is 4.45. The summed E-state index contributed by atoms with van der Waals surface area (Å²) in [5.74, 6) is -0.819. The van der Waals surface area contributed by atoms with Crippen molar-refractivity contribution >= 4 is 5.97 Å². The first-order valence-electron chi connectivity index (χ1n) is 6.77. The van der Waals surface area contributed by atoms with E-state index in [2.05, 4.69) is 30.2 Å². The maximum Gasteiger partial charge on any atom is 0.337 e. The number of carboxylic acids is 1. The van der Waals surface area contributed by atoms with E-state index in [1.54, 1.807) is 6.07 Å². The summed E-state index contributed by atoms with van der Waals surface area (Å²) in [5.41, 5.74) is 1.41. The maximum absolute atomic E-state index is 11.1. The minimum atomic E-state index is -0.819. The molecule has 0 aliphatic heterocycles. The molecular formula is C14H24N2O2. The average Bonchev–Trinajstić information content (AvgIpc) is 2.74. The molecule has 4 nitrogen and oxygen atoms in total. The molecule has 0 radical (unpaired) electrons. The maximum atomic E-state index is 11.1. The highest BCUT2D eigenvalue weighted by molar-refractivity contribution is 5.89. The topological polar surface area (TPSA) is 45.5 Å².